The molecule has 1 rings (SSSR count). The second-order valence-corrected chi connectivity index (χ2v) is 12.8. The van der Waals surface area contributed by atoms with E-state index in [9.17, 15) is 4.79 Å². The summed E-state index contributed by atoms with van der Waals surface area (Å²) in [5, 5.41) is 0.175. The summed E-state index contributed by atoms with van der Waals surface area (Å²) in [7, 11) is -0.368. The fourth-order valence-corrected chi connectivity index (χ4v) is 4.36. The third kappa shape index (κ3) is 3.78. The Balaban J connectivity index is 2.97. The molecule has 1 aliphatic rings. The summed E-state index contributed by atoms with van der Waals surface area (Å²) in [6.07, 6.45) is 1.000. The molecule has 0 aromatic rings. The van der Waals surface area contributed by atoms with Gasteiger partial charge in [-0.25, -0.2) is 0 Å². The van der Waals surface area contributed by atoms with Crippen molar-refractivity contribution in [1.29, 1.82) is 0 Å². The predicted molar refractivity (Wildman–Crippen MR) is 89.7 cm³/mol. The number of carbonyl (C=O) groups excluding carboxylic acids is 1. The van der Waals surface area contributed by atoms with Crippen molar-refractivity contribution < 1.29 is 14.0 Å². The normalized spacial score (nSPS) is 30.3. The van der Waals surface area contributed by atoms with Gasteiger partial charge in [0.2, 0.25) is 0 Å². The highest BCUT2D eigenvalue weighted by Crippen LogP contribution is 2.46. The quantitative estimate of drug-likeness (QED) is 0.438. The average Bonchev–Trinajstić information content (AvgIpc) is 2.64. The lowest BCUT2D eigenvalue weighted by atomic mass is 9.86. The molecule has 0 aliphatic heterocycles. The van der Waals surface area contributed by atoms with Gasteiger partial charge in [-0.2, -0.15) is 0 Å². The number of rotatable bonds is 4. The number of esters is 1. The van der Waals surface area contributed by atoms with Crippen LogP contribution >= 0.6 is 0 Å². The predicted octanol–water partition coefficient (Wildman–Crippen LogP) is 4.40. The van der Waals surface area contributed by atoms with Gasteiger partial charge in [0, 0.05) is 6.10 Å². The Bertz CT molecular complexity index is 409. The minimum absolute atomic E-state index is 0.122. The van der Waals surface area contributed by atoms with E-state index in [-0.39, 0.29) is 34.9 Å². The zero-order chi connectivity index (χ0) is 16.6. The molecule has 1 aliphatic carbocycles. The van der Waals surface area contributed by atoms with E-state index in [2.05, 4.69) is 47.4 Å². The number of allylic oxidation sites excluding steroid dienone is 1. The summed E-state index contributed by atoms with van der Waals surface area (Å²) in [6, 6.07) is 0. The number of ether oxygens (including phenoxy) is 1. The molecule has 122 valence electrons. The monoisotopic (exact) mass is 312 g/mol. The Kier molecular flexibility index (Phi) is 5.49. The second-order valence-electron chi connectivity index (χ2n) is 8.01. The summed E-state index contributed by atoms with van der Waals surface area (Å²) in [6.45, 7) is 19.4. The van der Waals surface area contributed by atoms with E-state index in [0.717, 1.165) is 12.0 Å². The summed E-state index contributed by atoms with van der Waals surface area (Å²) in [5.74, 6) is 0.0922. The van der Waals surface area contributed by atoms with Crippen LogP contribution < -0.4 is 0 Å². The highest BCUT2D eigenvalue weighted by molar-refractivity contribution is 6.74. The van der Waals surface area contributed by atoms with Gasteiger partial charge in [-0.05, 0) is 43.3 Å². The zero-order valence-corrected chi connectivity index (χ0v) is 15.9. The topological polar surface area (TPSA) is 35.5 Å². The van der Waals surface area contributed by atoms with E-state index in [1.807, 2.05) is 6.92 Å². The van der Waals surface area contributed by atoms with Crippen molar-refractivity contribution in [2.75, 3.05) is 7.11 Å². The van der Waals surface area contributed by atoms with Crippen molar-refractivity contribution in [1.82, 2.24) is 0 Å². The molecule has 0 aromatic heterocycles. The Hall–Kier alpha value is -0.613. The first kappa shape index (κ1) is 18.4. The van der Waals surface area contributed by atoms with Crippen molar-refractivity contribution in [3.8, 4) is 0 Å². The molecule has 3 nitrogen and oxygen atoms in total. The maximum absolute atomic E-state index is 12.1. The smallest absolute Gasteiger partial charge is 0.309 e. The molecule has 1 saturated carbocycles. The standard InChI is InChI=1S/C17H32O3Si/c1-11(2)13-10-14(12(3)15(13)16(18)19-7)20-21(8,9)17(4,5)6/h12-15H,1,10H2,2-9H3/t12-,13+,14-,15+/m1/s1. The third-order valence-electron chi connectivity index (χ3n) is 5.43. The molecule has 21 heavy (non-hydrogen) atoms. The Morgan fingerprint density at radius 1 is 1.29 bits per heavy atom. The summed E-state index contributed by atoms with van der Waals surface area (Å²) < 4.78 is 11.6. The number of carbonyl (C=O) groups is 1. The van der Waals surface area contributed by atoms with E-state index < -0.39 is 8.32 Å². The number of hydrogen-bond acceptors (Lipinski definition) is 3. The highest BCUT2D eigenvalue weighted by Gasteiger charge is 2.49. The molecule has 0 amide bonds. The van der Waals surface area contributed by atoms with Crippen LogP contribution in [0.25, 0.3) is 0 Å². The minimum Gasteiger partial charge on any atom is -0.469 e. The molecular formula is C17H32O3Si. The Morgan fingerprint density at radius 3 is 2.19 bits per heavy atom. The van der Waals surface area contributed by atoms with Crippen molar-refractivity contribution in [2.45, 2.75) is 65.3 Å². The number of methoxy groups -OCH3 is 1. The summed E-state index contributed by atoms with van der Waals surface area (Å²) >= 11 is 0. The van der Waals surface area contributed by atoms with Crippen LogP contribution in [-0.4, -0.2) is 27.5 Å². The number of hydrogen-bond donors (Lipinski definition) is 0. The van der Waals surface area contributed by atoms with Gasteiger partial charge in [-0.1, -0.05) is 39.8 Å². The van der Waals surface area contributed by atoms with Crippen molar-refractivity contribution in [3.63, 3.8) is 0 Å². The lowest BCUT2D eigenvalue weighted by Gasteiger charge is -2.39. The van der Waals surface area contributed by atoms with Gasteiger partial charge in [-0.15, -0.1) is 0 Å². The molecule has 0 saturated heterocycles. The van der Waals surface area contributed by atoms with Crippen LogP contribution in [0, 0.1) is 17.8 Å². The van der Waals surface area contributed by atoms with E-state index in [4.69, 9.17) is 9.16 Å². The molecule has 0 bridgehead atoms. The van der Waals surface area contributed by atoms with Crippen LogP contribution in [-0.2, 0) is 14.0 Å². The SMILES string of the molecule is C=C(C)[C@@H]1C[C@@H](O[Si](C)(C)C(C)(C)C)[C@@H](C)[C@@H]1C(=O)OC. The van der Waals surface area contributed by atoms with Gasteiger partial charge in [0.1, 0.15) is 0 Å². The van der Waals surface area contributed by atoms with Crippen molar-refractivity contribution in [2.24, 2.45) is 17.8 Å². The lowest BCUT2D eigenvalue weighted by Crippen LogP contribution is -2.45. The van der Waals surface area contributed by atoms with Gasteiger partial charge in [0.05, 0.1) is 13.0 Å². The molecule has 0 unspecified atom stereocenters. The van der Waals surface area contributed by atoms with Crippen LogP contribution in [0.3, 0.4) is 0 Å². The average molecular weight is 313 g/mol. The van der Waals surface area contributed by atoms with Gasteiger partial charge in [0.25, 0.3) is 0 Å². The maximum Gasteiger partial charge on any atom is 0.309 e. The maximum atomic E-state index is 12.1. The van der Waals surface area contributed by atoms with Gasteiger partial charge in [-0.3, -0.25) is 4.79 Å². The fraction of sp³-hybridized carbons (Fsp3) is 0.824. The first-order valence-corrected chi connectivity index (χ1v) is 10.7. The fourth-order valence-electron chi connectivity index (χ4n) is 2.94. The van der Waals surface area contributed by atoms with E-state index in [1.165, 1.54) is 7.11 Å². The Labute approximate surface area is 131 Å². The van der Waals surface area contributed by atoms with E-state index in [1.54, 1.807) is 0 Å². The first-order chi connectivity index (χ1) is 9.42. The molecule has 0 spiro atoms. The first-order valence-electron chi connectivity index (χ1n) is 7.83. The summed E-state index contributed by atoms with van der Waals surface area (Å²) in [5.41, 5.74) is 1.05. The van der Waals surface area contributed by atoms with Gasteiger partial charge < -0.3 is 9.16 Å². The van der Waals surface area contributed by atoms with Crippen LogP contribution in [0.1, 0.15) is 41.0 Å². The van der Waals surface area contributed by atoms with E-state index in [0.29, 0.717) is 0 Å². The molecule has 0 radical (unpaired) electrons. The van der Waals surface area contributed by atoms with Gasteiger partial charge in [0.15, 0.2) is 8.32 Å². The zero-order valence-electron chi connectivity index (χ0n) is 14.9. The second kappa shape index (κ2) is 6.25. The molecular weight excluding hydrogens is 280 g/mol. The van der Waals surface area contributed by atoms with Crippen LogP contribution in [0.2, 0.25) is 18.1 Å². The summed E-state index contributed by atoms with van der Waals surface area (Å²) in [4.78, 5) is 12.1. The lowest BCUT2D eigenvalue weighted by molar-refractivity contribution is -0.148. The molecule has 0 heterocycles. The molecule has 0 N–H and O–H groups in total. The third-order valence-corrected chi connectivity index (χ3v) is 9.94. The van der Waals surface area contributed by atoms with Crippen molar-refractivity contribution in [3.05, 3.63) is 12.2 Å². The van der Waals surface area contributed by atoms with Gasteiger partial charge >= 0.3 is 5.97 Å². The van der Waals surface area contributed by atoms with Crippen molar-refractivity contribution >= 4 is 14.3 Å². The molecule has 4 heteroatoms. The molecule has 0 aromatic carbocycles. The van der Waals surface area contributed by atoms with Crippen LogP contribution in [0.5, 0.6) is 0 Å². The van der Waals surface area contributed by atoms with Crippen LogP contribution in [0.15, 0.2) is 12.2 Å². The van der Waals surface area contributed by atoms with Crippen LogP contribution in [0.4, 0.5) is 0 Å². The largest absolute Gasteiger partial charge is 0.469 e. The molecule has 4 atom stereocenters. The Morgan fingerprint density at radius 2 is 1.81 bits per heavy atom. The van der Waals surface area contributed by atoms with E-state index >= 15 is 0 Å². The minimum atomic E-state index is -1.83. The highest BCUT2D eigenvalue weighted by atomic mass is 28.4. The molecule has 1 fully saturated rings.